The molecule has 2 N–H and O–H groups in total. The molecule has 3 aromatic rings. The second-order valence-electron chi connectivity index (χ2n) is 4.54. The van der Waals surface area contributed by atoms with Gasteiger partial charge in [0.2, 0.25) is 0 Å². The highest BCUT2D eigenvalue weighted by molar-refractivity contribution is 6.31. The first-order chi connectivity index (χ1) is 10.1. The highest BCUT2D eigenvalue weighted by atomic mass is 35.5. The molecular weight excluding hydrogens is 290 g/mol. The van der Waals surface area contributed by atoms with E-state index in [4.69, 9.17) is 11.6 Å². The summed E-state index contributed by atoms with van der Waals surface area (Å²) in [6.07, 6.45) is 0. The number of para-hydroxylation sites is 1. The fourth-order valence-electron chi connectivity index (χ4n) is 2.20. The van der Waals surface area contributed by atoms with Crippen molar-refractivity contribution < 1.29 is 15.0 Å². The van der Waals surface area contributed by atoms with E-state index in [1.807, 2.05) is 0 Å². The molecule has 0 aliphatic rings. The zero-order valence-corrected chi connectivity index (χ0v) is 11.5. The van der Waals surface area contributed by atoms with Gasteiger partial charge < -0.3 is 10.2 Å². The second-order valence-corrected chi connectivity index (χ2v) is 4.98. The van der Waals surface area contributed by atoms with E-state index in [1.54, 1.807) is 36.4 Å². The van der Waals surface area contributed by atoms with Crippen LogP contribution < -0.4 is 0 Å². The third-order valence-electron chi connectivity index (χ3n) is 3.18. The minimum absolute atomic E-state index is 0.00137. The molecule has 1 aromatic heterocycles. The van der Waals surface area contributed by atoms with E-state index < -0.39 is 5.97 Å². The number of aromatic carboxylic acids is 1. The molecule has 0 bridgehead atoms. The van der Waals surface area contributed by atoms with E-state index in [0.29, 0.717) is 27.2 Å². The lowest BCUT2D eigenvalue weighted by Gasteiger charge is -2.08. The molecule has 0 aliphatic heterocycles. The van der Waals surface area contributed by atoms with Gasteiger partial charge in [0.05, 0.1) is 16.8 Å². The Morgan fingerprint density at radius 1 is 1.10 bits per heavy atom. The SMILES string of the molecule is O=C(O)c1cc(-c2cc(Cl)ccc2O)nc2ccccc12. The van der Waals surface area contributed by atoms with Gasteiger partial charge in [0.25, 0.3) is 0 Å². The minimum atomic E-state index is -1.05. The Bertz CT molecular complexity index is 861. The summed E-state index contributed by atoms with van der Waals surface area (Å²) in [5.74, 6) is -1.05. The number of hydrogen-bond acceptors (Lipinski definition) is 3. The van der Waals surface area contributed by atoms with Crippen molar-refractivity contribution in [3.05, 3.63) is 59.1 Å². The number of halogens is 1. The zero-order valence-electron chi connectivity index (χ0n) is 10.7. The van der Waals surface area contributed by atoms with Crippen molar-refractivity contribution in [1.29, 1.82) is 0 Å². The van der Waals surface area contributed by atoms with Crippen molar-refractivity contribution in [3.63, 3.8) is 0 Å². The Morgan fingerprint density at radius 2 is 1.86 bits per heavy atom. The lowest BCUT2D eigenvalue weighted by molar-refractivity contribution is 0.0699. The number of rotatable bonds is 2. The standard InChI is InChI=1S/C16H10ClNO3/c17-9-5-6-15(19)12(7-9)14-8-11(16(20)21)10-3-1-2-4-13(10)18-14/h1-8,19H,(H,20,21). The molecule has 0 radical (unpaired) electrons. The second kappa shape index (κ2) is 5.07. The Hall–Kier alpha value is -2.59. The van der Waals surface area contributed by atoms with Gasteiger partial charge in [-0.05, 0) is 30.3 Å². The van der Waals surface area contributed by atoms with Gasteiger partial charge in [-0.15, -0.1) is 0 Å². The summed E-state index contributed by atoms with van der Waals surface area (Å²) in [6.45, 7) is 0. The largest absolute Gasteiger partial charge is 0.507 e. The van der Waals surface area contributed by atoms with Crippen LogP contribution in [0.25, 0.3) is 22.2 Å². The Morgan fingerprint density at radius 3 is 2.62 bits per heavy atom. The first-order valence-corrected chi connectivity index (χ1v) is 6.56. The van der Waals surface area contributed by atoms with Crippen LogP contribution in [0.4, 0.5) is 0 Å². The summed E-state index contributed by atoms with van der Waals surface area (Å²) in [7, 11) is 0. The van der Waals surface area contributed by atoms with Crippen LogP contribution in [0.2, 0.25) is 5.02 Å². The smallest absolute Gasteiger partial charge is 0.336 e. The van der Waals surface area contributed by atoms with Crippen LogP contribution >= 0.6 is 11.6 Å². The average Bonchev–Trinajstić information content (AvgIpc) is 2.48. The number of pyridine rings is 1. The number of aromatic nitrogens is 1. The van der Waals surface area contributed by atoms with E-state index in [-0.39, 0.29) is 11.3 Å². The Labute approximate surface area is 125 Å². The normalized spacial score (nSPS) is 10.7. The summed E-state index contributed by atoms with van der Waals surface area (Å²) in [5, 5.41) is 20.3. The van der Waals surface area contributed by atoms with Crippen molar-refractivity contribution in [1.82, 2.24) is 4.98 Å². The molecule has 2 aromatic carbocycles. The molecule has 0 saturated heterocycles. The summed E-state index contributed by atoms with van der Waals surface area (Å²) >= 11 is 5.93. The number of carboxylic acids is 1. The van der Waals surface area contributed by atoms with Gasteiger partial charge in [0.1, 0.15) is 5.75 Å². The van der Waals surface area contributed by atoms with Crippen LogP contribution in [-0.4, -0.2) is 21.2 Å². The molecular formula is C16H10ClNO3. The van der Waals surface area contributed by atoms with E-state index in [9.17, 15) is 15.0 Å². The lowest BCUT2D eigenvalue weighted by Crippen LogP contribution is -2.00. The van der Waals surface area contributed by atoms with Crippen molar-refractivity contribution in [3.8, 4) is 17.0 Å². The number of carboxylic acid groups (broad SMARTS) is 1. The van der Waals surface area contributed by atoms with Crippen LogP contribution in [0.3, 0.4) is 0 Å². The molecule has 21 heavy (non-hydrogen) atoms. The van der Waals surface area contributed by atoms with Crippen molar-refractivity contribution in [2.24, 2.45) is 0 Å². The Kier molecular flexibility index (Phi) is 3.23. The van der Waals surface area contributed by atoms with Crippen LogP contribution in [0.5, 0.6) is 5.75 Å². The molecule has 0 unspecified atom stereocenters. The minimum Gasteiger partial charge on any atom is -0.507 e. The number of hydrogen-bond donors (Lipinski definition) is 2. The van der Waals surface area contributed by atoms with Gasteiger partial charge in [-0.2, -0.15) is 0 Å². The maximum atomic E-state index is 11.4. The predicted octanol–water partition coefficient (Wildman–Crippen LogP) is 3.96. The lowest BCUT2D eigenvalue weighted by atomic mass is 10.0. The summed E-state index contributed by atoms with van der Waals surface area (Å²) < 4.78 is 0. The third-order valence-corrected chi connectivity index (χ3v) is 3.42. The van der Waals surface area contributed by atoms with E-state index in [1.165, 1.54) is 12.1 Å². The van der Waals surface area contributed by atoms with Crippen molar-refractivity contribution >= 4 is 28.5 Å². The van der Waals surface area contributed by atoms with Gasteiger partial charge in [-0.1, -0.05) is 29.8 Å². The van der Waals surface area contributed by atoms with Crippen LogP contribution in [0.15, 0.2) is 48.5 Å². The van der Waals surface area contributed by atoms with E-state index in [0.717, 1.165) is 0 Å². The third kappa shape index (κ3) is 2.41. The summed E-state index contributed by atoms with van der Waals surface area (Å²) in [5.41, 5.74) is 1.45. The molecule has 0 atom stereocenters. The molecule has 0 spiro atoms. The number of nitrogens with zero attached hydrogens (tertiary/aromatic N) is 1. The van der Waals surface area contributed by atoms with E-state index in [2.05, 4.69) is 4.98 Å². The number of phenolic OH excluding ortho intramolecular Hbond substituents is 1. The number of carbonyl (C=O) groups is 1. The molecule has 3 rings (SSSR count). The first-order valence-electron chi connectivity index (χ1n) is 6.18. The summed E-state index contributed by atoms with van der Waals surface area (Å²) in [6, 6.07) is 13.0. The highest BCUT2D eigenvalue weighted by Gasteiger charge is 2.14. The molecule has 104 valence electrons. The predicted molar refractivity (Wildman–Crippen MR) is 80.8 cm³/mol. The topological polar surface area (TPSA) is 70.4 Å². The van der Waals surface area contributed by atoms with Gasteiger partial charge in [-0.25, -0.2) is 9.78 Å². The number of aromatic hydroxyl groups is 1. The molecule has 0 fully saturated rings. The number of phenols is 1. The van der Waals surface area contributed by atoms with Gasteiger partial charge >= 0.3 is 5.97 Å². The van der Waals surface area contributed by atoms with Gasteiger partial charge in [0.15, 0.2) is 0 Å². The number of benzene rings is 2. The zero-order chi connectivity index (χ0) is 15.0. The fourth-order valence-corrected chi connectivity index (χ4v) is 2.38. The van der Waals surface area contributed by atoms with Crippen LogP contribution in [0.1, 0.15) is 10.4 Å². The maximum Gasteiger partial charge on any atom is 0.336 e. The van der Waals surface area contributed by atoms with Crippen molar-refractivity contribution in [2.45, 2.75) is 0 Å². The molecule has 0 aliphatic carbocycles. The monoisotopic (exact) mass is 299 g/mol. The molecule has 0 saturated carbocycles. The quantitative estimate of drug-likeness (QED) is 0.751. The maximum absolute atomic E-state index is 11.4. The number of fused-ring (bicyclic) bond motifs is 1. The van der Waals surface area contributed by atoms with Crippen LogP contribution in [0, 0.1) is 0 Å². The van der Waals surface area contributed by atoms with Gasteiger partial charge in [0, 0.05) is 16.0 Å². The first kappa shape index (κ1) is 13.4. The van der Waals surface area contributed by atoms with Crippen LogP contribution in [-0.2, 0) is 0 Å². The van der Waals surface area contributed by atoms with Gasteiger partial charge in [-0.3, -0.25) is 0 Å². The molecule has 5 heteroatoms. The summed E-state index contributed by atoms with van der Waals surface area (Å²) in [4.78, 5) is 15.8. The average molecular weight is 300 g/mol. The molecule has 4 nitrogen and oxygen atoms in total. The molecule has 0 amide bonds. The molecule has 1 heterocycles. The van der Waals surface area contributed by atoms with Crippen molar-refractivity contribution in [2.75, 3.05) is 0 Å². The van der Waals surface area contributed by atoms with E-state index >= 15 is 0 Å². The highest BCUT2D eigenvalue weighted by Crippen LogP contribution is 2.32. The Balaban J connectivity index is 2.33. The fraction of sp³-hybridized carbons (Fsp3) is 0.